The Bertz CT molecular complexity index is 427. The van der Waals surface area contributed by atoms with E-state index in [1.165, 1.54) is 42.6 Å². The Morgan fingerprint density at radius 1 is 1.21 bits per heavy atom. The van der Waals surface area contributed by atoms with E-state index in [-0.39, 0.29) is 0 Å². The molecule has 0 aliphatic carbocycles. The van der Waals surface area contributed by atoms with Gasteiger partial charge in [0.1, 0.15) is 0 Å². The monoisotopic (exact) mass is 260 g/mol. The quantitative estimate of drug-likeness (QED) is 0.902. The van der Waals surface area contributed by atoms with E-state index in [0.717, 1.165) is 0 Å². The third-order valence-electron chi connectivity index (χ3n) is 4.61. The number of piperidine rings is 1. The van der Waals surface area contributed by atoms with E-state index in [1.54, 1.807) is 0 Å². The molecule has 1 aliphatic rings. The fraction of sp³-hybridized carbons (Fsp3) is 0.647. The first-order valence-electron chi connectivity index (χ1n) is 7.44. The standard InChI is InChI=1S/C17H28N2/c1-13-5-6-14(2)15(11-13)16(12-18)19-9-7-17(3,4)8-10-19/h5-6,11,16H,7-10,12,18H2,1-4H3. The van der Waals surface area contributed by atoms with Gasteiger partial charge in [-0.2, -0.15) is 0 Å². The zero-order valence-electron chi connectivity index (χ0n) is 12.9. The summed E-state index contributed by atoms with van der Waals surface area (Å²) in [5.41, 5.74) is 10.7. The van der Waals surface area contributed by atoms with E-state index in [9.17, 15) is 0 Å². The number of benzene rings is 1. The van der Waals surface area contributed by atoms with Crippen molar-refractivity contribution in [3.05, 3.63) is 34.9 Å². The third kappa shape index (κ3) is 3.37. The van der Waals surface area contributed by atoms with E-state index < -0.39 is 0 Å². The van der Waals surface area contributed by atoms with Gasteiger partial charge in [-0.1, -0.05) is 37.6 Å². The lowest BCUT2D eigenvalue weighted by atomic mass is 9.81. The summed E-state index contributed by atoms with van der Waals surface area (Å²) >= 11 is 0. The number of aryl methyl sites for hydroxylation is 2. The Labute approximate surface area is 118 Å². The van der Waals surface area contributed by atoms with Crippen molar-refractivity contribution in [3.8, 4) is 0 Å². The molecule has 1 aromatic rings. The highest BCUT2D eigenvalue weighted by Crippen LogP contribution is 2.34. The molecule has 1 saturated heterocycles. The molecule has 0 amide bonds. The topological polar surface area (TPSA) is 29.3 Å². The van der Waals surface area contributed by atoms with Crippen LogP contribution in [-0.4, -0.2) is 24.5 Å². The maximum Gasteiger partial charge on any atom is 0.0473 e. The second-order valence-electron chi connectivity index (χ2n) is 6.81. The number of hydrogen-bond acceptors (Lipinski definition) is 2. The molecule has 106 valence electrons. The van der Waals surface area contributed by atoms with E-state index in [0.29, 0.717) is 18.0 Å². The summed E-state index contributed by atoms with van der Waals surface area (Å²) in [6, 6.07) is 7.11. The molecular weight excluding hydrogens is 232 g/mol. The Kier molecular flexibility index (Phi) is 4.32. The van der Waals surface area contributed by atoms with Crippen LogP contribution in [0.1, 0.15) is 49.4 Å². The molecule has 1 heterocycles. The first-order chi connectivity index (χ1) is 8.93. The van der Waals surface area contributed by atoms with E-state index in [1.807, 2.05) is 0 Å². The Hall–Kier alpha value is -0.860. The van der Waals surface area contributed by atoms with Crippen LogP contribution in [0.2, 0.25) is 0 Å². The van der Waals surface area contributed by atoms with Crippen LogP contribution in [0.25, 0.3) is 0 Å². The molecule has 2 N–H and O–H groups in total. The van der Waals surface area contributed by atoms with Crippen LogP contribution in [0.5, 0.6) is 0 Å². The average Bonchev–Trinajstić information content (AvgIpc) is 2.36. The van der Waals surface area contributed by atoms with Crippen LogP contribution in [0, 0.1) is 19.3 Å². The predicted octanol–water partition coefficient (Wildman–Crippen LogP) is 3.43. The normalized spacial score (nSPS) is 21.3. The van der Waals surface area contributed by atoms with Gasteiger partial charge >= 0.3 is 0 Å². The molecule has 0 radical (unpaired) electrons. The van der Waals surface area contributed by atoms with Gasteiger partial charge in [-0.05, 0) is 56.3 Å². The molecule has 1 fully saturated rings. The van der Waals surface area contributed by atoms with Gasteiger partial charge in [0, 0.05) is 12.6 Å². The first kappa shape index (κ1) is 14.5. The molecule has 0 bridgehead atoms. The van der Waals surface area contributed by atoms with Gasteiger partial charge in [-0.25, -0.2) is 0 Å². The summed E-state index contributed by atoms with van der Waals surface area (Å²) in [6.45, 7) is 12.2. The van der Waals surface area contributed by atoms with Crippen molar-refractivity contribution in [1.82, 2.24) is 4.90 Å². The minimum atomic E-state index is 0.385. The lowest BCUT2D eigenvalue weighted by Gasteiger charge is -2.41. The van der Waals surface area contributed by atoms with Crippen LogP contribution in [0.15, 0.2) is 18.2 Å². The van der Waals surface area contributed by atoms with E-state index >= 15 is 0 Å². The summed E-state index contributed by atoms with van der Waals surface area (Å²) < 4.78 is 0. The van der Waals surface area contributed by atoms with Crippen molar-refractivity contribution in [2.45, 2.75) is 46.6 Å². The van der Waals surface area contributed by atoms with Gasteiger partial charge in [0.15, 0.2) is 0 Å². The van der Waals surface area contributed by atoms with Gasteiger partial charge in [0.2, 0.25) is 0 Å². The molecule has 0 aromatic heterocycles. The zero-order valence-corrected chi connectivity index (χ0v) is 12.9. The maximum atomic E-state index is 6.08. The highest BCUT2D eigenvalue weighted by atomic mass is 15.2. The molecule has 2 heteroatoms. The van der Waals surface area contributed by atoms with Gasteiger partial charge in [-0.3, -0.25) is 4.90 Å². The number of hydrogen-bond donors (Lipinski definition) is 1. The van der Waals surface area contributed by atoms with Crippen LogP contribution in [0.4, 0.5) is 0 Å². The largest absolute Gasteiger partial charge is 0.329 e. The third-order valence-corrected chi connectivity index (χ3v) is 4.61. The van der Waals surface area contributed by atoms with E-state index in [2.05, 4.69) is 50.8 Å². The summed E-state index contributed by atoms with van der Waals surface area (Å²) in [6.07, 6.45) is 2.54. The number of likely N-dealkylation sites (tertiary alicyclic amines) is 1. The smallest absolute Gasteiger partial charge is 0.0473 e. The second kappa shape index (κ2) is 5.64. The van der Waals surface area contributed by atoms with Crippen molar-refractivity contribution >= 4 is 0 Å². The highest BCUT2D eigenvalue weighted by Gasteiger charge is 2.29. The Morgan fingerprint density at radius 2 is 1.84 bits per heavy atom. The summed E-state index contributed by atoms with van der Waals surface area (Å²) in [5.74, 6) is 0. The molecule has 1 unspecified atom stereocenters. The SMILES string of the molecule is Cc1ccc(C)c(C(CN)N2CCC(C)(C)CC2)c1. The highest BCUT2D eigenvalue weighted by molar-refractivity contribution is 5.33. The summed E-state index contributed by atoms with van der Waals surface area (Å²) in [7, 11) is 0. The molecule has 1 atom stereocenters. The fourth-order valence-corrected chi connectivity index (χ4v) is 3.03. The lowest BCUT2D eigenvalue weighted by molar-refractivity contribution is 0.0961. The first-order valence-corrected chi connectivity index (χ1v) is 7.44. The van der Waals surface area contributed by atoms with Gasteiger partial charge < -0.3 is 5.73 Å². The molecule has 2 rings (SSSR count). The zero-order chi connectivity index (χ0) is 14.0. The molecule has 1 aromatic carbocycles. The van der Waals surface area contributed by atoms with E-state index in [4.69, 9.17) is 5.73 Å². The molecular formula is C17H28N2. The van der Waals surface area contributed by atoms with Crippen molar-refractivity contribution < 1.29 is 0 Å². The van der Waals surface area contributed by atoms with Crippen molar-refractivity contribution in [2.75, 3.05) is 19.6 Å². The molecule has 19 heavy (non-hydrogen) atoms. The summed E-state index contributed by atoms with van der Waals surface area (Å²) in [5, 5.41) is 0. The molecule has 0 spiro atoms. The van der Waals surface area contributed by atoms with Gasteiger partial charge in [-0.15, -0.1) is 0 Å². The summed E-state index contributed by atoms with van der Waals surface area (Å²) in [4.78, 5) is 2.58. The molecule has 1 aliphatic heterocycles. The number of nitrogens with two attached hydrogens (primary N) is 1. The lowest BCUT2D eigenvalue weighted by Crippen LogP contribution is -2.42. The average molecular weight is 260 g/mol. The Morgan fingerprint density at radius 3 is 2.42 bits per heavy atom. The minimum Gasteiger partial charge on any atom is -0.329 e. The van der Waals surface area contributed by atoms with Gasteiger partial charge in [0.05, 0.1) is 0 Å². The second-order valence-corrected chi connectivity index (χ2v) is 6.81. The minimum absolute atomic E-state index is 0.385. The predicted molar refractivity (Wildman–Crippen MR) is 82.3 cm³/mol. The number of rotatable bonds is 3. The van der Waals surface area contributed by atoms with Crippen molar-refractivity contribution in [1.29, 1.82) is 0 Å². The number of nitrogens with zero attached hydrogens (tertiary/aromatic N) is 1. The van der Waals surface area contributed by atoms with Crippen LogP contribution >= 0.6 is 0 Å². The van der Waals surface area contributed by atoms with Gasteiger partial charge in [0.25, 0.3) is 0 Å². The fourth-order valence-electron chi connectivity index (χ4n) is 3.03. The Balaban J connectivity index is 2.18. The van der Waals surface area contributed by atoms with Crippen molar-refractivity contribution in [2.24, 2.45) is 11.1 Å². The maximum absolute atomic E-state index is 6.08. The van der Waals surface area contributed by atoms with Crippen LogP contribution in [-0.2, 0) is 0 Å². The molecule has 2 nitrogen and oxygen atoms in total. The van der Waals surface area contributed by atoms with Crippen LogP contribution in [0.3, 0.4) is 0 Å². The molecule has 0 saturated carbocycles. The van der Waals surface area contributed by atoms with Crippen LogP contribution < -0.4 is 5.73 Å². The van der Waals surface area contributed by atoms with Crippen molar-refractivity contribution in [3.63, 3.8) is 0 Å².